The summed E-state index contributed by atoms with van der Waals surface area (Å²) < 4.78 is 5.16. The van der Waals surface area contributed by atoms with Crippen LogP contribution < -0.4 is 10.6 Å². The molecule has 2 aromatic rings. The number of nitrogens with zero attached hydrogens (tertiary/aromatic N) is 1. The van der Waals surface area contributed by atoms with Crippen molar-refractivity contribution in [2.24, 2.45) is 0 Å². The largest absolute Gasteiger partial charge is 0.361 e. The molecule has 0 saturated heterocycles. The van der Waals surface area contributed by atoms with Crippen molar-refractivity contribution < 1.29 is 9.32 Å². The Kier molecular flexibility index (Phi) is 6.31. The molecule has 0 spiro atoms. The summed E-state index contributed by atoms with van der Waals surface area (Å²) >= 11 is 1.78. The zero-order chi connectivity index (χ0) is 17.7. The summed E-state index contributed by atoms with van der Waals surface area (Å²) in [4.78, 5) is 12.2. The molecular formula is C18H25N3O2S. The van der Waals surface area contributed by atoms with Gasteiger partial charge in [0.15, 0.2) is 0 Å². The maximum Gasteiger partial charge on any atom is 0.319 e. The quantitative estimate of drug-likeness (QED) is 0.809. The number of thioether (sulfide) groups is 1. The van der Waals surface area contributed by atoms with Gasteiger partial charge >= 0.3 is 6.03 Å². The molecule has 1 aromatic heterocycles. The van der Waals surface area contributed by atoms with Crippen molar-refractivity contribution in [3.8, 4) is 0 Å². The van der Waals surface area contributed by atoms with Crippen molar-refractivity contribution in [3.05, 3.63) is 46.8 Å². The fourth-order valence-electron chi connectivity index (χ4n) is 2.55. The molecule has 0 bridgehead atoms. The lowest BCUT2D eigenvalue weighted by molar-refractivity contribution is 0.249. The van der Waals surface area contributed by atoms with E-state index in [1.807, 2.05) is 39.0 Å². The zero-order valence-corrected chi connectivity index (χ0v) is 15.7. The van der Waals surface area contributed by atoms with Crippen molar-refractivity contribution in [1.29, 1.82) is 0 Å². The van der Waals surface area contributed by atoms with Crippen molar-refractivity contribution in [2.75, 3.05) is 11.6 Å². The lowest BCUT2D eigenvalue weighted by Crippen LogP contribution is -2.37. The number of amides is 2. The lowest BCUT2D eigenvalue weighted by Gasteiger charge is -2.15. The molecule has 0 aliphatic carbocycles. The Morgan fingerprint density at radius 2 is 2.08 bits per heavy atom. The number of anilines is 1. The predicted octanol–water partition coefficient (Wildman–Crippen LogP) is 4.47. The highest BCUT2D eigenvalue weighted by Gasteiger charge is 2.15. The third-order valence-electron chi connectivity index (χ3n) is 4.04. The normalized spacial score (nSPS) is 13.4. The van der Waals surface area contributed by atoms with Crippen LogP contribution in [0, 0.1) is 13.8 Å². The second-order valence-electron chi connectivity index (χ2n) is 6.01. The van der Waals surface area contributed by atoms with Gasteiger partial charge in [-0.2, -0.15) is 11.8 Å². The van der Waals surface area contributed by atoms with Crippen molar-refractivity contribution in [1.82, 2.24) is 10.5 Å². The van der Waals surface area contributed by atoms with Gasteiger partial charge in [0.25, 0.3) is 0 Å². The summed E-state index contributed by atoms with van der Waals surface area (Å²) in [6, 6.07) is 7.72. The van der Waals surface area contributed by atoms with E-state index >= 15 is 0 Å². The van der Waals surface area contributed by atoms with Crippen LogP contribution >= 0.6 is 11.8 Å². The third kappa shape index (κ3) is 4.77. The van der Waals surface area contributed by atoms with Crippen LogP contribution in [0.1, 0.15) is 41.7 Å². The Morgan fingerprint density at radius 1 is 1.33 bits per heavy atom. The summed E-state index contributed by atoms with van der Waals surface area (Å²) in [5.74, 6) is 0.806. The molecule has 6 heteroatoms. The highest BCUT2D eigenvalue weighted by Crippen LogP contribution is 2.27. The van der Waals surface area contributed by atoms with Crippen molar-refractivity contribution >= 4 is 23.5 Å². The van der Waals surface area contributed by atoms with Gasteiger partial charge in [0.05, 0.1) is 5.69 Å². The fraction of sp³-hybridized carbons (Fsp3) is 0.444. The number of rotatable bonds is 6. The van der Waals surface area contributed by atoms with Crippen molar-refractivity contribution in [2.45, 2.75) is 45.4 Å². The van der Waals surface area contributed by atoms with Crippen LogP contribution in [-0.2, 0) is 6.42 Å². The number of aromatic nitrogens is 1. The van der Waals surface area contributed by atoms with Gasteiger partial charge in [-0.15, -0.1) is 0 Å². The van der Waals surface area contributed by atoms with Gasteiger partial charge in [0.1, 0.15) is 5.76 Å². The van der Waals surface area contributed by atoms with Crippen LogP contribution in [0.5, 0.6) is 0 Å². The summed E-state index contributed by atoms with van der Waals surface area (Å²) in [5.41, 5.74) is 3.93. The van der Waals surface area contributed by atoms with E-state index in [0.717, 1.165) is 22.7 Å². The van der Waals surface area contributed by atoms with Crippen LogP contribution in [0.15, 0.2) is 28.8 Å². The smallest absolute Gasteiger partial charge is 0.319 e. The number of carbonyl (C=O) groups is 1. The van der Waals surface area contributed by atoms with Gasteiger partial charge in [-0.1, -0.05) is 17.3 Å². The summed E-state index contributed by atoms with van der Waals surface area (Å²) in [7, 11) is 0. The van der Waals surface area contributed by atoms with E-state index in [0.29, 0.717) is 11.7 Å². The van der Waals surface area contributed by atoms with Crippen LogP contribution in [0.2, 0.25) is 0 Å². The summed E-state index contributed by atoms with van der Waals surface area (Å²) in [5, 5.41) is 10.2. The Hall–Kier alpha value is -1.95. The van der Waals surface area contributed by atoms with Crippen LogP contribution in [0.4, 0.5) is 10.5 Å². The van der Waals surface area contributed by atoms with Gasteiger partial charge in [-0.25, -0.2) is 4.79 Å². The first-order chi connectivity index (χ1) is 11.4. The second-order valence-corrected chi connectivity index (χ2v) is 7.19. The molecule has 0 saturated carbocycles. The maximum absolute atomic E-state index is 12.2. The molecule has 2 N–H and O–H groups in total. The first-order valence-electron chi connectivity index (χ1n) is 8.02. The summed E-state index contributed by atoms with van der Waals surface area (Å²) in [6.45, 7) is 7.92. The van der Waals surface area contributed by atoms with Crippen LogP contribution in [0.3, 0.4) is 0 Å². The topological polar surface area (TPSA) is 67.2 Å². The SMILES string of the molecule is CS[C@@H](C)c1cccc(NC(=O)N[C@@H](C)Cc2c(C)noc2C)c1. The Morgan fingerprint density at radius 3 is 2.71 bits per heavy atom. The average molecular weight is 347 g/mol. The van der Waals surface area contributed by atoms with Gasteiger partial charge in [0, 0.05) is 22.5 Å². The maximum atomic E-state index is 12.2. The first-order valence-corrected chi connectivity index (χ1v) is 9.31. The van der Waals surface area contributed by atoms with Gasteiger partial charge in [0.2, 0.25) is 0 Å². The minimum absolute atomic E-state index is 0.0184. The number of aryl methyl sites for hydroxylation is 2. The van der Waals surface area contributed by atoms with E-state index in [9.17, 15) is 4.79 Å². The summed E-state index contributed by atoms with van der Waals surface area (Å²) in [6.07, 6.45) is 2.77. The number of urea groups is 1. The van der Waals surface area contributed by atoms with Crippen LogP contribution in [-0.4, -0.2) is 23.5 Å². The molecule has 0 aliphatic heterocycles. The highest BCUT2D eigenvalue weighted by atomic mass is 32.2. The Labute approximate surface area is 147 Å². The van der Waals surface area contributed by atoms with E-state index < -0.39 is 0 Å². The molecule has 0 aliphatic rings. The molecular weight excluding hydrogens is 322 g/mol. The van der Waals surface area contributed by atoms with Crippen LogP contribution in [0.25, 0.3) is 0 Å². The van der Waals surface area contributed by atoms with Gasteiger partial charge in [-0.05, 0) is 58.1 Å². The molecule has 0 unspecified atom stereocenters. The van der Waals surface area contributed by atoms with Gasteiger partial charge in [-0.3, -0.25) is 0 Å². The third-order valence-corrected chi connectivity index (χ3v) is 5.02. The number of nitrogens with one attached hydrogen (secondary N) is 2. The van der Waals surface area contributed by atoms with E-state index in [4.69, 9.17) is 4.52 Å². The Bertz CT molecular complexity index is 680. The fourth-order valence-corrected chi connectivity index (χ4v) is 2.97. The minimum atomic E-state index is -0.205. The standard InChI is InChI=1S/C18H25N3O2S/c1-11(9-17-12(2)21-23-13(17)3)19-18(22)20-16-8-6-7-15(10-16)14(4)24-5/h6-8,10-11,14H,9H2,1-5H3,(H2,19,20,22)/t11-,14-/m0/s1. The molecule has 130 valence electrons. The number of hydrogen-bond acceptors (Lipinski definition) is 4. The van der Waals surface area contributed by atoms with Crippen molar-refractivity contribution in [3.63, 3.8) is 0 Å². The second kappa shape index (κ2) is 8.24. The Balaban J connectivity index is 1.93. The molecule has 0 fully saturated rings. The first kappa shape index (κ1) is 18.4. The van der Waals surface area contributed by atoms with Gasteiger partial charge < -0.3 is 15.2 Å². The van der Waals surface area contributed by atoms with E-state index in [1.165, 1.54) is 5.56 Å². The molecule has 1 heterocycles. The molecule has 2 atom stereocenters. The monoisotopic (exact) mass is 347 g/mol. The zero-order valence-electron chi connectivity index (χ0n) is 14.8. The molecule has 2 amide bonds. The minimum Gasteiger partial charge on any atom is -0.361 e. The number of benzene rings is 1. The van der Waals surface area contributed by atoms with E-state index in [1.54, 1.807) is 11.8 Å². The molecule has 0 radical (unpaired) electrons. The predicted molar refractivity (Wildman–Crippen MR) is 99.7 cm³/mol. The average Bonchev–Trinajstić information content (AvgIpc) is 2.86. The molecule has 5 nitrogen and oxygen atoms in total. The number of carbonyl (C=O) groups excluding carboxylic acids is 1. The highest BCUT2D eigenvalue weighted by molar-refractivity contribution is 7.98. The van der Waals surface area contributed by atoms with E-state index in [-0.39, 0.29) is 12.1 Å². The number of hydrogen-bond donors (Lipinski definition) is 2. The molecule has 24 heavy (non-hydrogen) atoms. The molecule has 2 rings (SSSR count). The lowest BCUT2D eigenvalue weighted by atomic mass is 10.1. The van der Waals surface area contributed by atoms with E-state index in [2.05, 4.69) is 35.0 Å². The molecule has 1 aromatic carbocycles.